The highest BCUT2D eigenvalue weighted by Crippen LogP contribution is 2.35. The highest BCUT2D eigenvalue weighted by atomic mass is 31.2. The number of esters is 1. The molecule has 226 valence electrons. The van der Waals surface area contributed by atoms with Crippen LogP contribution in [0.1, 0.15) is 123 Å². The standard InChI is InChI=1S/C27H54NO9P/c1-3-4-5-6-7-10-13-16-19-27(30)37-26(23-36-38(31,32)33)22-35-24-34-21-18-15-12-9-8-11-14-17-20-28-25(2)29/h26H,3-24H2,1-2H3,(H,28,29)(H2,31,32,33)/t26-/m0/s1. The van der Waals surface area contributed by atoms with Crippen molar-refractivity contribution in [1.82, 2.24) is 5.32 Å². The van der Waals surface area contributed by atoms with Crippen LogP contribution >= 0.6 is 7.82 Å². The SMILES string of the molecule is CCCCCCCCCCC(=O)O[C@@H](COCOCCCCCCCCCCNC(C)=O)COP(=O)(O)O. The van der Waals surface area contributed by atoms with Crippen LogP contribution in [0.2, 0.25) is 0 Å². The Bertz CT molecular complexity index is 615. The van der Waals surface area contributed by atoms with Crippen LogP contribution in [0.5, 0.6) is 0 Å². The van der Waals surface area contributed by atoms with E-state index in [0.717, 1.165) is 57.9 Å². The minimum absolute atomic E-state index is 0.0102. The summed E-state index contributed by atoms with van der Waals surface area (Å²) in [4.78, 5) is 40.9. The van der Waals surface area contributed by atoms with Gasteiger partial charge in [0, 0.05) is 26.5 Å². The second-order valence-electron chi connectivity index (χ2n) is 9.83. The molecule has 0 unspecified atom stereocenters. The van der Waals surface area contributed by atoms with E-state index in [1.165, 1.54) is 58.3 Å². The van der Waals surface area contributed by atoms with Gasteiger partial charge in [-0.2, -0.15) is 0 Å². The molecule has 0 radical (unpaired) electrons. The van der Waals surface area contributed by atoms with Gasteiger partial charge in [0.2, 0.25) is 5.91 Å². The van der Waals surface area contributed by atoms with E-state index in [4.69, 9.17) is 24.0 Å². The monoisotopic (exact) mass is 567 g/mol. The van der Waals surface area contributed by atoms with Crippen molar-refractivity contribution in [3.63, 3.8) is 0 Å². The molecule has 3 N–H and O–H groups in total. The summed E-state index contributed by atoms with van der Waals surface area (Å²) >= 11 is 0. The maximum Gasteiger partial charge on any atom is 0.469 e. The fourth-order valence-corrected chi connectivity index (χ4v) is 4.26. The van der Waals surface area contributed by atoms with E-state index in [2.05, 4.69) is 16.8 Å². The second kappa shape index (κ2) is 26.2. The van der Waals surface area contributed by atoms with Crippen molar-refractivity contribution in [3.05, 3.63) is 0 Å². The number of phosphoric ester groups is 1. The summed E-state index contributed by atoms with van der Waals surface area (Å²) in [5, 5.41) is 2.81. The number of carbonyl (C=O) groups excluding carboxylic acids is 2. The number of carbonyl (C=O) groups is 2. The molecule has 1 atom stereocenters. The third kappa shape index (κ3) is 29.5. The summed E-state index contributed by atoms with van der Waals surface area (Å²) in [6, 6.07) is 0. The number of hydrogen-bond donors (Lipinski definition) is 3. The molecule has 0 fully saturated rings. The van der Waals surface area contributed by atoms with Gasteiger partial charge in [0.15, 0.2) is 0 Å². The Kier molecular flexibility index (Phi) is 25.5. The summed E-state index contributed by atoms with van der Waals surface area (Å²) in [7, 11) is -4.68. The first-order valence-electron chi connectivity index (χ1n) is 14.5. The van der Waals surface area contributed by atoms with Crippen LogP contribution in [-0.4, -0.2) is 60.9 Å². The van der Waals surface area contributed by atoms with Crippen LogP contribution in [0.25, 0.3) is 0 Å². The van der Waals surface area contributed by atoms with Crippen LogP contribution < -0.4 is 5.32 Å². The van der Waals surface area contributed by atoms with Crippen molar-refractivity contribution in [3.8, 4) is 0 Å². The summed E-state index contributed by atoms with van der Waals surface area (Å²) in [5.41, 5.74) is 0. The van der Waals surface area contributed by atoms with Gasteiger partial charge in [0.25, 0.3) is 0 Å². The van der Waals surface area contributed by atoms with E-state index in [1.54, 1.807) is 0 Å². The van der Waals surface area contributed by atoms with Gasteiger partial charge < -0.3 is 29.3 Å². The number of hydrogen-bond acceptors (Lipinski definition) is 7. The van der Waals surface area contributed by atoms with Gasteiger partial charge in [-0.3, -0.25) is 14.1 Å². The Hall–Kier alpha value is -1.03. The number of unbranched alkanes of at least 4 members (excludes halogenated alkanes) is 14. The predicted octanol–water partition coefficient (Wildman–Crippen LogP) is 5.79. The topological polar surface area (TPSA) is 141 Å². The molecule has 0 aliphatic carbocycles. The average Bonchev–Trinajstić information content (AvgIpc) is 2.85. The molecule has 0 heterocycles. The van der Waals surface area contributed by atoms with Gasteiger partial charge in [0.05, 0.1) is 13.2 Å². The third-order valence-corrected chi connectivity index (χ3v) is 6.51. The maximum absolute atomic E-state index is 12.2. The fourth-order valence-electron chi connectivity index (χ4n) is 3.90. The highest BCUT2D eigenvalue weighted by Gasteiger charge is 2.21. The molecule has 0 saturated heterocycles. The first-order valence-corrected chi connectivity index (χ1v) is 16.1. The Morgan fingerprint density at radius 1 is 0.763 bits per heavy atom. The van der Waals surface area contributed by atoms with E-state index in [9.17, 15) is 14.2 Å². The molecular formula is C27H54NO9P. The number of amides is 1. The van der Waals surface area contributed by atoms with Crippen LogP contribution in [0.4, 0.5) is 0 Å². The van der Waals surface area contributed by atoms with Gasteiger partial charge in [-0.05, 0) is 19.3 Å². The van der Waals surface area contributed by atoms with Gasteiger partial charge in [0.1, 0.15) is 12.9 Å². The first kappa shape index (κ1) is 37.0. The fraction of sp³-hybridized carbons (Fsp3) is 0.926. The van der Waals surface area contributed by atoms with E-state index in [1.807, 2.05) is 0 Å². The zero-order valence-corrected chi connectivity index (χ0v) is 24.7. The number of rotatable bonds is 28. The largest absolute Gasteiger partial charge is 0.469 e. The van der Waals surface area contributed by atoms with E-state index in [-0.39, 0.29) is 25.7 Å². The molecule has 0 aliphatic heterocycles. The zero-order valence-electron chi connectivity index (χ0n) is 23.8. The van der Waals surface area contributed by atoms with Crippen molar-refractivity contribution >= 4 is 19.7 Å². The summed E-state index contributed by atoms with van der Waals surface area (Å²) in [6.45, 7) is 4.54. The van der Waals surface area contributed by atoms with Crippen molar-refractivity contribution < 1.29 is 42.7 Å². The van der Waals surface area contributed by atoms with Crippen LogP contribution in [-0.2, 0) is 32.9 Å². The minimum atomic E-state index is -4.68. The Morgan fingerprint density at radius 2 is 1.32 bits per heavy atom. The molecule has 0 aromatic carbocycles. The highest BCUT2D eigenvalue weighted by molar-refractivity contribution is 7.46. The van der Waals surface area contributed by atoms with Crippen LogP contribution in [0.3, 0.4) is 0 Å². The normalized spacial score (nSPS) is 12.4. The molecule has 0 saturated carbocycles. The summed E-state index contributed by atoms with van der Waals surface area (Å²) in [5.74, 6) is -0.397. The minimum Gasteiger partial charge on any atom is -0.457 e. The Balaban J connectivity index is 3.84. The zero-order chi connectivity index (χ0) is 28.3. The quantitative estimate of drug-likeness (QED) is 0.0464. The smallest absolute Gasteiger partial charge is 0.457 e. The summed E-state index contributed by atoms with van der Waals surface area (Å²) < 4.78 is 31.7. The van der Waals surface area contributed by atoms with E-state index < -0.39 is 26.5 Å². The molecule has 0 aromatic rings. The van der Waals surface area contributed by atoms with Crippen molar-refractivity contribution in [2.24, 2.45) is 0 Å². The maximum atomic E-state index is 12.2. The first-order chi connectivity index (χ1) is 18.2. The third-order valence-electron chi connectivity index (χ3n) is 6.02. The molecule has 1 amide bonds. The second-order valence-corrected chi connectivity index (χ2v) is 11.1. The molecule has 10 nitrogen and oxygen atoms in total. The van der Waals surface area contributed by atoms with Gasteiger partial charge in [-0.15, -0.1) is 0 Å². The number of ether oxygens (including phenoxy) is 3. The number of nitrogens with one attached hydrogen (secondary N) is 1. The molecular weight excluding hydrogens is 513 g/mol. The van der Waals surface area contributed by atoms with Gasteiger partial charge in [-0.25, -0.2) is 4.57 Å². The molecule has 0 bridgehead atoms. The molecule has 0 rings (SSSR count). The summed E-state index contributed by atoms with van der Waals surface area (Å²) in [6.07, 6.45) is 17.1. The lowest BCUT2D eigenvalue weighted by Crippen LogP contribution is -2.28. The predicted molar refractivity (Wildman–Crippen MR) is 147 cm³/mol. The molecule has 0 aromatic heterocycles. The van der Waals surface area contributed by atoms with Crippen molar-refractivity contribution in [2.75, 3.05) is 33.2 Å². The molecule has 0 spiro atoms. The van der Waals surface area contributed by atoms with Gasteiger partial charge in [-0.1, -0.05) is 90.4 Å². The van der Waals surface area contributed by atoms with E-state index in [0.29, 0.717) is 6.61 Å². The molecule has 38 heavy (non-hydrogen) atoms. The molecule has 0 aliphatic rings. The lowest BCUT2D eigenvalue weighted by Gasteiger charge is -2.18. The van der Waals surface area contributed by atoms with Crippen LogP contribution in [0.15, 0.2) is 0 Å². The van der Waals surface area contributed by atoms with E-state index >= 15 is 0 Å². The lowest BCUT2D eigenvalue weighted by molar-refractivity contribution is -0.158. The number of phosphoric acid groups is 1. The van der Waals surface area contributed by atoms with Crippen molar-refractivity contribution in [1.29, 1.82) is 0 Å². The van der Waals surface area contributed by atoms with Crippen LogP contribution in [0, 0.1) is 0 Å². The lowest BCUT2D eigenvalue weighted by atomic mass is 10.1. The van der Waals surface area contributed by atoms with Gasteiger partial charge >= 0.3 is 13.8 Å². The Labute approximate surface area is 230 Å². The average molecular weight is 568 g/mol. The van der Waals surface area contributed by atoms with Crippen molar-refractivity contribution in [2.45, 2.75) is 129 Å². The molecule has 11 heteroatoms. The Morgan fingerprint density at radius 3 is 1.89 bits per heavy atom.